The van der Waals surface area contributed by atoms with Crippen molar-refractivity contribution in [1.29, 1.82) is 0 Å². The molecule has 0 atom stereocenters. The quantitative estimate of drug-likeness (QED) is 0.755. The molecule has 1 fully saturated rings. The van der Waals surface area contributed by atoms with Crippen LogP contribution in [0.2, 0.25) is 5.15 Å². The van der Waals surface area contributed by atoms with Crippen LogP contribution in [0, 0.1) is 0 Å². The number of hydrogen-bond donors (Lipinski definition) is 2. The summed E-state index contributed by atoms with van der Waals surface area (Å²) < 4.78 is 0. The summed E-state index contributed by atoms with van der Waals surface area (Å²) in [6.45, 7) is 4.28. The van der Waals surface area contributed by atoms with Crippen LogP contribution >= 0.6 is 11.6 Å². The number of amides is 1. The Morgan fingerprint density at radius 3 is 2.46 bits per heavy atom. The minimum atomic E-state index is -0.828. The van der Waals surface area contributed by atoms with Crippen LogP contribution in [0.1, 0.15) is 11.1 Å². The average Bonchev–Trinajstić information content (AvgIpc) is 2.64. The van der Waals surface area contributed by atoms with Crippen LogP contribution in [0.25, 0.3) is 0 Å². The summed E-state index contributed by atoms with van der Waals surface area (Å²) in [6.07, 6.45) is 1.67. The molecule has 138 valence electrons. The smallest absolute Gasteiger partial charge is 0.407 e. The number of carboxylic acid groups (broad SMARTS) is 1. The summed E-state index contributed by atoms with van der Waals surface area (Å²) in [5.41, 5.74) is 2.47. The van der Waals surface area contributed by atoms with Gasteiger partial charge in [-0.05, 0) is 23.6 Å². The molecule has 8 heteroatoms. The second kappa shape index (κ2) is 8.82. The van der Waals surface area contributed by atoms with E-state index in [0.29, 0.717) is 24.2 Å². The molecular formula is C18H22ClN5O2. The monoisotopic (exact) mass is 375 g/mol. The van der Waals surface area contributed by atoms with E-state index < -0.39 is 6.09 Å². The minimum absolute atomic E-state index is 0.427. The van der Waals surface area contributed by atoms with E-state index >= 15 is 0 Å². The van der Waals surface area contributed by atoms with Gasteiger partial charge >= 0.3 is 6.09 Å². The number of nitrogens with one attached hydrogen (secondary N) is 1. The fourth-order valence-electron chi connectivity index (χ4n) is 2.91. The maximum atomic E-state index is 10.9. The molecule has 1 aromatic carbocycles. The van der Waals surface area contributed by atoms with Crippen LogP contribution < -0.4 is 5.32 Å². The Morgan fingerprint density at radius 2 is 1.81 bits per heavy atom. The Balaban J connectivity index is 1.43. The molecule has 0 saturated carbocycles. The van der Waals surface area contributed by atoms with Gasteiger partial charge in [-0.2, -0.15) is 0 Å². The topological polar surface area (TPSA) is 81.6 Å². The third kappa shape index (κ3) is 5.31. The van der Waals surface area contributed by atoms with Gasteiger partial charge < -0.3 is 15.3 Å². The lowest BCUT2D eigenvalue weighted by Gasteiger charge is -2.33. The van der Waals surface area contributed by atoms with Gasteiger partial charge in [-0.25, -0.2) is 14.8 Å². The van der Waals surface area contributed by atoms with Gasteiger partial charge in [0.1, 0.15) is 5.15 Å². The van der Waals surface area contributed by atoms with E-state index in [9.17, 15) is 4.79 Å². The standard InChI is InChI=1S/C18H22ClN5O2/c19-16-6-8-21-17(22-16)20-7-5-14-1-3-15(4-2-14)13-23-9-11-24(12-10-23)18(25)26/h1-4,6,8H,5,7,9-13H2,(H,25,26)(H,20,21,22). The van der Waals surface area contributed by atoms with Crippen molar-refractivity contribution >= 4 is 23.6 Å². The number of hydrogen-bond acceptors (Lipinski definition) is 5. The van der Waals surface area contributed by atoms with Gasteiger partial charge in [0, 0.05) is 45.5 Å². The first-order valence-corrected chi connectivity index (χ1v) is 8.98. The molecule has 0 unspecified atom stereocenters. The van der Waals surface area contributed by atoms with Crippen molar-refractivity contribution in [2.24, 2.45) is 0 Å². The van der Waals surface area contributed by atoms with Crippen LogP contribution in [-0.2, 0) is 13.0 Å². The molecule has 1 saturated heterocycles. The van der Waals surface area contributed by atoms with Crippen molar-refractivity contribution in [2.45, 2.75) is 13.0 Å². The average molecular weight is 376 g/mol. The lowest BCUT2D eigenvalue weighted by atomic mass is 10.1. The van der Waals surface area contributed by atoms with Gasteiger partial charge in [-0.3, -0.25) is 4.90 Å². The molecule has 0 aliphatic carbocycles. The number of carbonyl (C=O) groups is 1. The predicted octanol–water partition coefficient (Wildman–Crippen LogP) is 2.58. The number of halogens is 1. The highest BCUT2D eigenvalue weighted by Gasteiger charge is 2.20. The maximum Gasteiger partial charge on any atom is 0.407 e. The zero-order valence-electron chi connectivity index (χ0n) is 14.4. The first kappa shape index (κ1) is 18.4. The van der Waals surface area contributed by atoms with Gasteiger partial charge in [-0.15, -0.1) is 0 Å². The van der Waals surface area contributed by atoms with Crippen LogP contribution in [0.15, 0.2) is 36.5 Å². The molecule has 0 spiro atoms. The molecule has 1 aromatic heterocycles. The molecular weight excluding hydrogens is 354 g/mol. The number of aromatic nitrogens is 2. The minimum Gasteiger partial charge on any atom is -0.465 e. The number of anilines is 1. The Kier molecular flexibility index (Phi) is 6.25. The van der Waals surface area contributed by atoms with Crippen molar-refractivity contribution in [3.63, 3.8) is 0 Å². The summed E-state index contributed by atoms with van der Waals surface area (Å²) in [6, 6.07) is 10.2. The van der Waals surface area contributed by atoms with E-state index in [-0.39, 0.29) is 0 Å². The first-order chi connectivity index (χ1) is 12.6. The number of nitrogens with zero attached hydrogens (tertiary/aromatic N) is 4. The van der Waals surface area contributed by atoms with Gasteiger partial charge in [-0.1, -0.05) is 35.9 Å². The summed E-state index contributed by atoms with van der Waals surface area (Å²) >= 11 is 5.83. The zero-order valence-corrected chi connectivity index (χ0v) is 15.2. The summed E-state index contributed by atoms with van der Waals surface area (Å²) in [5, 5.41) is 12.6. The van der Waals surface area contributed by atoms with Gasteiger partial charge in [0.05, 0.1) is 0 Å². The number of rotatable bonds is 6. The highest BCUT2D eigenvalue weighted by atomic mass is 35.5. The normalized spacial score (nSPS) is 15.0. The third-order valence-corrected chi connectivity index (χ3v) is 4.60. The van der Waals surface area contributed by atoms with Crippen LogP contribution in [0.4, 0.5) is 10.7 Å². The van der Waals surface area contributed by atoms with Crippen molar-refractivity contribution < 1.29 is 9.90 Å². The zero-order chi connectivity index (χ0) is 18.4. The van der Waals surface area contributed by atoms with Crippen molar-refractivity contribution in [3.8, 4) is 0 Å². The van der Waals surface area contributed by atoms with E-state index in [0.717, 1.165) is 32.6 Å². The fraction of sp³-hybridized carbons (Fsp3) is 0.389. The molecule has 2 aromatic rings. The van der Waals surface area contributed by atoms with E-state index in [4.69, 9.17) is 16.7 Å². The Labute approximate surface area is 157 Å². The lowest BCUT2D eigenvalue weighted by Crippen LogP contribution is -2.47. The summed E-state index contributed by atoms with van der Waals surface area (Å²) in [4.78, 5) is 22.9. The molecule has 26 heavy (non-hydrogen) atoms. The maximum absolute atomic E-state index is 10.9. The largest absolute Gasteiger partial charge is 0.465 e. The summed E-state index contributed by atoms with van der Waals surface area (Å²) in [5.74, 6) is 0.537. The Bertz CT molecular complexity index is 733. The molecule has 1 aliphatic heterocycles. The van der Waals surface area contributed by atoms with E-state index in [1.165, 1.54) is 16.0 Å². The highest BCUT2D eigenvalue weighted by molar-refractivity contribution is 6.29. The second-order valence-corrected chi connectivity index (χ2v) is 6.63. The van der Waals surface area contributed by atoms with Crippen LogP contribution in [0.3, 0.4) is 0 Å². The Morgan fingerprint density at radius 1 is 1.12 bits per heavy atom. The van der Waals surface area contributed by atoms with Gasteiger partial charge in [0.15, 0.2) is 0 Å². The van der Waals surface area contributed by atoms with Crippen LogP contribution in [0.5, 0.6) is 0 Å². The third-order valence-electron chi connectivity index (χ3n) is 4.39. The SMILES string of the molecule is O=C(O)N1CCN(Cc2ccc(CCNc3nccc(Cl)n3)cc2)CC1. The molecule has 7 nitrogen and oxygen atoms in total. The highest BCUT2D eigenvalue weighted by Crippen LogP contribution is 2.11. The van der Waals surface area contributed by atoms with Crippen molar-refractivity contribution in [2.75, 3.05) is 38.0 Å². The van der Waals surface area contributed by atoms with Crippen molar-refractivity contribution in [1.82, 2.24) is 19.8 Å². The van der Waals surface area contributed by atoms with E-state index in [2.05, 4.69) is 44.5 Å². The number of benzene rings is 1. The first-order valence-electron chi connectivity index (χ1n) is 8.60. The van der Waals surface area contributed by atoms with E-state index in [1.807, 2.05) is 0 Å². The predicted molar refractivity (Wildman–Crippen MR) is 101 cm³/mol. The number of piperazine rings is 1. The molecule has 0 radical (unpaired) electrons. The van der Waals surface area contributed by atoms with Gasteiger partial charge in [0.2, 0.25) is 5.95 Å². The van der Waals surface area contributed by atoms with Gasteiger partial charge in [0.25, 0.3) is 0 Å². The molecule has 1 amide bonds. The van der Waals surface area contributed by atoms with Crippen molar-refractivity contribution in [3.05, 3.63) is 52.8 Å². The molecule has 3 rings (SSSR count). The fourth-order valence-corrected chi connectivity index (χ4v) is 3.04. The molecule has 1 aliphatic rings. The van der Waals surface area contributed by atoms with E-state index in [1.54, 1.807) is 12.3 Å². The van der Waals surface area contributed by atoms with Crippen LogP contribution in [-0.4, -0.2) is 63.7 Å². The molecule has 0 bridgehead atoms. The second-order valence-electron chi connectivity index (χ2n) is 6.24. The molecule has 2 heterocycles. The lowest BCUT2D eigenvalue weighted by molar-refractivity contribution is 0.103. The summed E-state index contributed by atoms with van der Waals surface area (Å²) in [7, 11) is 0. The molecule has 2 N–H and O–H groups in total. The Hall–Kier alpha value is -2.38.